The zero-order valence-corrected chi connectivity index (χ0v) is 10.9. The van der Waals surface area contributed by atoms with Crippen LogP contribution in [-0.2, 0) is 20.7 Å². The summed E-state index contributed by atoms with van der Waals surface area (Å²) < 4.78 is 17.5. The fourth-order valence-electron chi connectivity index (χ4n) is 1.33. The third-order valence-electron chi connectivity index (χ3n) is 2.51. The number of carbonyl (C=O) groups excluding carboxylic acids is 2. The summed E-state index contributed by atoms with van der Waals surface area (Å²) in [7, 11) is 3.13. The molecule has 1 aromatic rings. The number of halogens is 1. The quantitative estimate of drug-likeness (QED) is 0.781. The minimum atomic E-state index is -0.875. The molecule has 0 saturated carbocycles. The minimum absolute atomic E-state index is 0.231. The first-order valence-electron chi connectivity index (χ1n) is 5.77. The molecule has 0 radical (unpaired) electrons. The van der Waals surface area contributed by atoms with Crippen LogP contribution in [0, 0.1) is 5.82 Å². The predicted molar refractivity (Wildman–Crippen MR) is 67.7 cm³/mol. The van der Waals surface area contributed by atoms with Gasteiger partial charge in [0.15, 0.2) is 6.61 Å². The number of hydrogen-bond donors (Lipinski definition) is 1. The lowest BCUT2D eigenvalue weighted by Crippen LogP contribution is -2.37. The molecule has 0 aromatic heterocycles. The maximum absolute atomic E-state index is 12.7. The highest BCUT2D eigenvalue weighted by Gasteiger charge is 2.17. The Kier molecular flexibility index (Phi) is 5.44. The van der Waals surface area contributed by atoms with E-state index < -0.39 is 12.0 Å². The van der Waals surface area contributed by atoms with Gasteiger partial charge in [-0.25, -0.2) is 4.39 Å². The molecule has 0 unspecified atom stereocenters. The van der Waals surface area contributed by atoms with Crippen LogP contribution >= 0.6 is 0 Å². The number of ether oxygens (including phenoxy) is 1. The van der Waals surface area contributed by atoms with Gasteiger partial charge in [0, 0.05) is 14.1 Å². The first-order valence-corrected chi connectivity index (χ1v) is 5.77. The number of esters is 1. The van der Waals surface area contributed by atoms with Gasteiger partial charge in [-0.15, -0.1) is 0 Å². The van der Waals surface area contributed by atoms with Crippen LogP contribution in [0.15, 0.2) is 24.3 Å². The lowest BCUT2D eigenvalue weighted by molar-refractivity contribution is -0.152. The van der Waals surface area contributed by atoms with Crippen molar-refractivity contribution in [3.05, 3.63) is 35.6 Å². The Hall–Kier alpha value is -1.95. The Labute approximate surface area is 111 Å². The van der Waals surface area contributed by atoms with Gasteiger partial charge in [0.2, 0.25) is 0 Å². The molecule has 5 nitrogen and oxygen atoms in total. The van der Waals surface area contributed by atoms with Crippen LogP contribution in [0.1, 0.15) is 5.56 Å². The zero-order valence-electron chi connectivity index (χ0n) is 10.9. The summed E-state index contributed by atoms with van der Waals surface area (Å²) in [6, 6.07) is 4.81. The van der Waals surface area contributed by atoms with Crippen LogP contribution < -0.4 is 5.73 Å². The van der Waals surface area contributed by atoms with Crippen LogP contribution in [-0.4, -0.2) is 43.5 Å². The van der Waals surface area contributed by atoms with Crippen molar-refractivity contribution in [3.63, 3.8) is 0 Å². The third-order valence-corrected chi connectivity index (χ3v) is 2.51. The Bertz CT molecular complexity index is 446. The molecule has 1 rings (SSSR count). The van der Waals surface area contributed by atoms with Gasteiger partial charge in [0.1, 0.15) is 11.9 Å². The molecule has 6 heteroatoms. The van der Waals surface area contributed by atoms with E-state index in [4.69, 9.17) is 10.5 Å². The highest BCUT2D eigenvalue weighted by atomic mass is 19.1. The van der Waals surface area contributed by atoms with E-state index in [1.54, 1.807) is 26.2 Å². The van der Waals surface area contributed by atoms with Crippen LogP contribution in [0.4, 0.5) is 4.39 Å². The lowest BCUT2D eigenvalue weighted by atomic mass is 10.1. The summed E-state index contributed by atoms with van der Waals surface area (Å²) in [6.07, 6.45) is 0.231. The van der Waals surface area contributed by atoms with E-state index >= 15 is 0 Å². The molecule has 19 heavy (non-hydrogen) atoms. The summed E-state index contributed by atoms with van der Waals surface area (Å²) in [4.78, 5) is 24.1. The van der Waals surface area contributed by atoms with Gasteiger partial charge in [-0.3, -0.25) is 9.59 Å². The first kappa shape index (κ1) is 15.1. The molecule has 2 N–H and O–H groups in total. The lowest BCUT2D eigenvalue weighted by Gasteiger charge is -2.13. The summed E-state index contributed by atoms with van der Waals surface area (Å²) in [5.74, 6) is -1.32. The van der Waals surface area contributed by atoms with Crippen LogP contribution in [0.2, 0.25) is 0 Å². The molecule has 0 aliphatic carbocycles. The molecule has 0 spiro atoms. The predicted octanol–water partition coefficient (Wildman–Crippen LogP) is 0.327. The van der Waals surface area contributed by atoms with Crippen molar-refractivity contribution in [3.8, 4) is 0 Å². The molecule has 1 amide bonds. The molecule has 0 saturated heterocycles. The summed E-state index contributed by atoms with van der Waals surface area (Å²) in [5, 5.41) is 0. The molecule has 0 aliphatic heterocycles. The molecule has 0 aliphatic rings. The average Bonchev–Trinajstić information content (AvgIpc) is 2.37. The second-order valence-electron chi connectivity index (χ2n) is 4.33. The number of carbonyl (C=O) groups is 2. The molecule has 1 aromatic carbocycles. The summed E-state index contributed by atoms with van der Waals surface area (Å²) >= 11 is 0. The SMILES string of the molecule is CN(C)C(=O)COC(=O)[C@@H](N)Cc1ccc(F)cc1. The maximum atomic E-state index is 12.7. The van der Waals surface area contributed by atoms with E-state index in [0.29, 0.717) is 0 Å². The third kappa shape index (κ3) is 5.05. The summed E-state index contributed by atoms with van der Waals surface area (Å²) in [6.45, 7) is -0.330. The maximum Gasteiger partial charge on any atom is 0.323 e. The van der Waals surface area contributed by atoms with Gasteiger partial charge in [0.25, 0.3) is 5.91 Å². The highest BCUT2D eigenvalue weighted by Crippen LogP contribution is 2.05. The zero-order chi connectivity index (χ0) is 14.4. The Balaban J connectivity index is 2.44. The van der Waals surface area contributed by atoms with E-state index in [-0.39, 0.29) is 24.8 Å². The topological polar surface area (TPSA) is 72.6 Å². The molecular formula is C13H17FN2O3. The average molecular weight is 268 g/mol. The molecule has 1 atom stereocenters. The Morgan fingerprint density at radius 1 is 1.32 bits per heavy atom. The van der Waals surface area contributed by atoms with Crippen molar-refractivity contribution in [2.75, 3.05) is 20.7 Å². The van der Waals surface area contributed by atoms with Crippen LogP contribution in [0.5, 0.6) is 0 Å². The van der Waals surface area contributed by atoms with E-state index in [1.807, 2.05) is 0 Å². The van der Waals surface area contributed by atoms with Crippen LogP contribution in [0.25, 0.3) is 0 Å². The Morgan fingerprint density at radius 2 is 1.89 bits per heavy atom. The van der Waals surface area contributed by atoms with E-state index in [0.717, 1.165) is 5.56 Å². The largest absolute Gasteiger partial charge is 0.454 e. The summed E-state index contributed by atoms with van der Waals surface area (Å²) in [5.41, 5.74) is 6.38. The number of amides is 1. The first-order chi connectivity index (χ1) is 8.90. The van der Waals surface area contributed by atoms with Gasteiger partial charge in [-0.05, 0) is 24.1 Å². The normalized spacial score (nSPS) is 11.8. The Morgan fingerprint density at radius 3 is 2.42 bits per heavy atom. The van der Waals surface area contributed by atoms with E-state index in [9.17, 15) is 14.0 Å². The van der Waals surface area contributed by atoms with E-state index in [2.05, 4.69) is 0 Å². The van der Waals surface area contributed by atoms with Gasteiger partial charge in [0.05, 0.1) is 0 Å². The van der Waals surface area contributed by atoms with Gasteiger partial charge < -0.3 is 15.4 Å². The molecule has 0 heterocycles. The number of nitrogens with zero attached hydrogens (tertiary/aromatic N) is 1. The fraction of sp³-hybridized carbons (Fsp3) is 0.385. The van der Waals surface area contributed by atoms with Gasteiger partial charge in [-0.1, -0.05) is 12.1 Å². The molecule has 0 bridgehead atoms. The minimum Gasteiger partial charge on any atom is -0.454 e. The van der Waals surface area contributed by atoms with Crippen LogP contribution in [0.3, 0.4) is 0 Å². The van der Waals surface area contributed by atoms with Gasteiger partial charge >= 0.3 is 5.97 Å². The number of benzene rings is 1. The number of likely N-dealkylation sites (N-methyl/N-ethyl adjacent to an activating group) is 1. The van der Waals surface area contributed by atoms with Crippen molar-refractivity contribution in [2.24, 2.45) is 5.73 Å². The van der Waals surface area contributed by atoms with Crippen molar-refractivity contribution < 1.29 is 18.7 Å². The van der Waals surface area contributed by atoms with Crippen molar-refractivity contribution in [1.82, 2.24) is 4.90 Å². The monoisotopic (exact) mass is 268 g/mol. The second-order valence-corrected chi connectivity index (χ2v) is 4.33. The molecule has 104 valence electrons. The van der Waals surface area contributed by atoms with Crippen molar-refractivity contribution >= 4 is 11.9 Å². The number of nitrogens with two attached hydrogens (primary N) is 1. The van der Waals surface area contributed by atoms with Gasteiger partial charge in [-0.2, -0.15) is 0 Å². The number of rotatable bonds is 5. The van der Waals surface area contributed by atoms with Crippen molar-refractivity contribution in [1.29, 1.82) is 0 Å². The van der Waals surface area contributed by atoms with Crippen molar-refractivity contribution in [2.45, 2.75) is 12.5 Å². The number of hydrogen-bond acceptors (Lipinski definition) is 4. The second kappa shape index (κ2) is 6.84. The smallest absolute Gasteiger partial charge is 0.323 e. The molecule has 0 fully saturated rings. The standard InChI is InChI=1S/C13H17FN2O3/c1-16(2)12(17)8-19-13(18)11(15)7-9-3-5-10(14)6-4-9/h3-6,11H,7-8,15H2,1-2H3/t11-/m0/s1. The van der Waals surface area contributed by atoms with E-state index in [1.165, 1.54) is 17.0 Å². The highest BCUT2D eigenvalue weighted by molar-refractivity contribution is 5.82. The molecular weight excluding hydrogens is 251 g/mol. The fourth-order valence-corrected chi connectivity index (χ4v) is 1.33.